The van der Waals surface area contributed by atoms with Gasteiger partial charge in [0.2, 0.25) is 10.0 Å². The van der Waals surface area contributed by atoms with Crippen LogP contribution >= 0.6 is 23.2 Å². The van der Waals surface area contributed by atoms with Gasteiger partial charge >= 0.3 is 6.09 Å². The number of rotatable bonds is 5. The second-order valence-corrected chi connectivity index (χ2v) is 9.89. The van der Waals surface area contributed by atoms with Crippen LogP contribution < -0.4 is 9.80 Å². The Hall–Kier alpha value is -2.11. The number of halogens is 2. The summed E-state index contributed by atoms with van der Waals surface area (Å²) >= 11 is 12.0. The van der Waals surface area contributed by atoms with Crippen LogP contribution in [-0.2, 0) is 14.8 Å². The van der Waals surface area contributed by atoms with Crippen molar-refractivity contribution in [3.8, 4) is 0 Å². The predicted octanol–water partition coefficient (Wildman–Crippen LogP) is 2.22. The molecule has 1 amide bonds. The summed E-state index contributed by atoms with van der Waals surface area (Å²) in [7, 11) is -3.76. The molecule has 166 valence electrons. The van der Waals surface area contributed by atoms with Crippen LogP contribution in [0.4, 0.5) is 16.3 Å². The number of carbonyl (C=O) groups excluding carboxylic acids is 1. The number of anilines is 2. The zero-order valence-corrected chi connectivity index (χ0v) is 18.6. The molecule has 2 aliphatic heterocycles. The quantitative estimate of drug-likeness (QED) is 0.690. The number of pyridine rings is 1. The van der Waals surface area contributed by atoms with Gasteiger partial charge in [-0.25, -0.2) is 18.2 Å². The van der Waals surface area contributed by atoms with E-state index < -0.39 is 22.2 Å². The highest BCUT2D eigenvalue weighted by atomic mass is 35.5. The van der Waals surface area contributed by atoms with E-state index in [9.17, 15) is 13.2 Å². The third-order valence-corrected chi connectivity index (χ3v) is 7.81. The van der Waals surface area contributed by atoms with Gasteiger partial charge in [0.15, 0.2) is 0 Å². The largest absolute Gasteiger partial charge is 0.441 e. The van der Waals surface area contributed by atoms with Gasteiger partial charge in [0, 0.05) is 31.2 Å². The Morgan fingerprint density at radius 2 is 1.87 bits per heavy atom. The zero-order chi connectivity index (χ0) is 22.2. The number of cyclic esters (lactones) is 1. The molecule has 0 saturated carbocycles. The second kappa shape index (κ2) is 8.79. The summed E-state index contributed by atoms with van der Waals surface area (Å²) in [6, 6.07) is 7.89. The topological polar surface area (TPSA) is 103 Å². The van der Waals surface area contributed by atoms with Gasteiger partial charge in [0.1, 0.15) is 16.8 Å². The van der Waals surface area contributed by atoms with Crippen LogP contribution in [0.1, 0.15) is 0 Å². The standard InChI is InChI=1S/C19H20Cl2N4O5S/c20-13-1-3-16(21)17(9-13)31(28,29)24-7-5-23(6-8-24)18-4-2-14(10-22-18)25-11-15(12-26)30-19(25)27/h1-4,9-10,15,26H,5-8,11-12H2/t15-/m1/s1. The number of sulfonamides is 1. The summed E-state index contributed by atoms with van der Waals surface area (Å²) in [5.74, 6) is 0.674. The Bertz CT molecular complexity index is 1080. The van der Waals surface area contributed by atoms with Crippen LogP contribution in [0.2, 0.25) is 10.0 Å². The molecule has 1 aromatic heterocycles. The maximum absolute atomic E-state index is 13.0. The van der Waals surface area contributed by atoms with Crippen molar-refractivity contribution in [2.75, 3.05) is 49.1 Å². The lowest BCUT2D eigenvalue weighted by molar-refractivity contribution is 0.0963. The van der Waals surface area contributed by atoms with Crippen molar-refractivity contribution in [2.24, 2.45) is 0 Å². The molecule has 1 aromatic carbocycles. The third kappa shape index (κ3) is 4.44. The first kappa shape index (κ1) is 22.1. The molecule has 4 rings (SSSR count). The number of aromatic nitrogens is 1. The Kier molecular flexibility index (Phi) is 6.27. The van der Waals surface area contributed by atoms with Crippen LogP contribution in [0, 0.1) is 0 Å². The average molecular weight is 487 g/mol. The smallest absolute Gasteiger partial charge is 0.414 e. The zero-order valence-electron chi connectivity index (χ0n) is 16.3. The lowest BCUT2D eigenvalue weighted by Crippen LogP contribution is -2.49. The van der Waals surface area contributed by atoms with Crippen molar-refractivity contribution in [3.05, 3.63) is 46.6 Å². The summed E-state index contributed by atoms with van der Waals surface area (Å²) in [5, 5.41) is 9.59. The number of hydrogen-bond acceptors (Lipinski definition) is 7. The minimum atomic E-state index is -3.76. The second-order valence-electron chi connectivity index (χ2n) is 7.14. The van der Waals surface area contributed by atoms with Crippen molar-refractivity contribution in [1.82, 2.24) is 9.29 Å². The highest BCUT2D eigenvalue weighted by Crippen LogP contribution is 2.29. The molecule has 31 heavy (non-hydrogen) atoms. The molecule has 12 heteroatoms. The molecular weight excluding hydrogens is 467 g/mol. The van der Waals surface area contributed by atoms with E-state index in [2.05, 4.69) is 4.98 Å². The molecule has 2 saturated heterocycles. The summed E-state index contributed by atoms with van der Waals surface area (Å²) in [6.07, 6.45) is 0.493. The van der Waals surface area contributed by atoms with Gasteiger partial charge in [-0.2, -0.15) is 4.31 Å². The Balaban J connectivity index is 1.42. The molecule has 3 heterocycles. The summed E-state index contributed by atoms with van der Waals surface area (Å²) in [5.41, 5.74) is 0.571. The lowest BCUT2D eigenvalue weighted by atomic mass is 10.3. The Morgan fingerprint density at radius 3 is 2.48 bits per heavy atom. The van der Waals surface area contributed by atoms with E-state index in [0.717, 1.165) is 0 Å². The Morgan fingerprint density at radius 1 is 1.13 bits per heavy atom. The van der Waals surface area contributed by atoms with Gasteiger partial charge in [-0.15, -0.1) is 0 Å². The minimum absolute atomic E-state index is 0.00345. The van der Waals surface area contributed by atoms with Gasteiger partial charge in [0.25, 0.3) is 0 Å². The molecule has 1 N–H and O–H groups in total. The summed E-state index contributed by atoms with van der Waals surface area (Å²) in [6.45, 7) is 1.46. The molecule has 0 aliphatic carbocycles. The molecule has 9 nitrogen and oxygen atoms in total. The fraction of sp³-hybridized carbons (Fsp3) is 0.368. The molecule has 0 bridgehead atoms. The van der Waals surface area contributed by atoms with Gasteiger partial charge in [-0.3, -0.25) is 4.90 Å². The van der Waals surface area contributed by atoms with Gasteiger partial charge < -0.3 is 14.7 Å². The van der Waals surface area contributed by atoms with Gasteiger partial charge in [-0.1, -0.05) is 23.2 Å². The number of aliphatic hydroxyl groups is 1. The summed E-state index contributed by atoms with van der Waals surface area (Å²) < 4.78 is 32.3. The fourth-order valence-corrected chi connectivity index (χ4v) is 5.68. The molecule has 0 unspecified atom stereocenters. The van der Waals surface area contributed by atoms with Crippen LogP contribution in [0.25, 0.3) is 0 Å². The highest BCUT2D eigenvalue weighted by Gasteiger charge is 2.33. The molecule has 2 aliphatic rings. The van der Waals surface area contributed by atoms with Crippen molar-refractivity contribution in [1.29, 1.82) is 0 Å². The van der Waals surface area contributed by atoms with Crippen LogP contribution in [0.15, 0.2) is 41.4 Å². The van der Waals surface area contributed by atoms with Crippen LogP contribution in [0.5, 0.6) is 0 Å². The molecule has 2 aromatic rings. The monoisotopic (exact) mass is 486 g/mol. The van der Waals surface area contributed by atoms with E-state index in [-0.39, 0.29) is 36.2 Å². The van der Waals surface area contributed by atoms with Gasteiger partial charge in [0.05, 0.1) is 30.1 Å². The van der Waals surface area contributed by atoms with Crippen molar-refractivity contribution in [2.45, 2.75) is 11.0 Å². The maximum Gasteiger partial charge on any atom is 0.414 e. The van der Waals surface area contributed by atoms with Crippen LogP contribution in [-0.4, -0.2) is 74.3 Å². The fourth-order valence-electron chi connectivity index (χ4n) is 3.52. The molecule has 1 atom stereocenters. The normalized spacial score (nSPS) is 20.2. The van der Waals surface area contributed by atoms with E-state index in [1.165, 1.54) is 21.3 Å². The first-order valence-electron chi connectivity index (χ1n) is 9.55. The predicted molar refractivity (Wildman–Crippen MR) is 116 cm³/mol. The third-order valence-electron chi connectivity index (χ3n) is 5.20. The lowest BCUT2D eigenvalue weighted by Gasteiger charge is -2.34. The van der Waals surface area contributed by atoms with Crippen molar-refractivity contribution < 1.29 is 23.1 Å². The van der Waals surface area contributed by atoms with Gasteiger partial charge in [-0.05, 0) is 30.3 Å². The number of amides is 1. The number of aliphatic hydroxyl groups excluding tert-OH is 1. The number of hydrogen-bond donors (Lipinski definition) is 1. The van der Waals surface area contributed by atoms with Crippen molar-refractivity contribution in [3.63, 3.8) is 0 Å². The number of ether oxygens (including phenoxy) is 1. The van der Waals surface area contributed by atoms with Crippen LogP contribution in [0.3, 0.4) is 0 Å². The molecular formula is C19H20Cl2N4O5S. The van der Waals surface area contributed by atoms with Crippen molar-refractivity contribution >= 4 is 50.8 Å². The van der Waals surface area contributed by atoms with E-state index in [1.54, 1.807) is 24.4 Å². The highest BCUT2D eigenvalue weighted by molar-refractivity contribution is 7.89. The van der Waals surface area contributed by atoms with E-state index in [4.69, 9.17) is 33.0 Å². The molecule has 0 radical (unpaired) electrons. The SMILES string of the molecule is O=C1O[C@@H](CO)CN1c1ccc(N2CCN(S(=O)(=O)c3cc(Cl)ccc3Cl)CC2)nc1. The average Bonchev–Trinajstić information content (AvgIpc) is 3.16. The van der Waals surface area contributed by atoms with E-state index in [0.29, 0.717) is 29.6 Å². The molecule has 2 fully saturated rings. The number of nitrogens with zero attached hydrogens (tertiary/aromatic N) is 4. The number of piperazine rings is 1. The Labute approximate surface area is 189 Å². The maximum atomic E-state index is 13.0. The summed E-state index contributed by atoms with van der Waals surface area (Å²) in [4.78, 5) is 19.7. The van der Waals surface area contributed by atoms with E-state index >= 15 is 0 Å². The van der Waals surface area contributed by atoms with E-state index in [1.807, 2.05) is 4.90 Å². The first-order valence-corrected chi connectivity index (χ1v) is 11.7. The molecule has 0 spiro atoms. The number of benzene rings is 1. The first-order chi connectivity index (χ1) is 14.8. The minimum Gasteiger partial charge on any atom is -0.441 e. The number of carbonyl (C=O) groups is 1.